The Bertz CT molecular complexity index is 1860. The van der Waals surface area contributed by atoms with Crippen LogP contribution in [-0.4, -0.2) is 71.9 Å². The lowest BCUT2D eigenvalue weighted by Crippen LogP contribution is -2.45. The molecule has 0 spiro atoms. The van der Waals surface area contributed by atoms with Crippen molar-refractivity contribution in [2.45, 2.75) is 83.5 Å². The van der Waals surface area contributed by atoms with Crippen LogP contribution in [0.5, 0.6) is 5.75 Å². The van der Waals surface area contributed by atoms with Crippen molar-refractivity contribution in [3.05, 3.63) is 59.3 Å². The topological polar surface area (TPSA) is 150 Å². The molecule has 12 nitrogen and oxygen atoms in total. The third-order valence-corrected chi connectivity index (χ3v) is 11.0. The highest BCUT2D eigenvalue weighted by molar-refractivity contribution is 6.01. The number of ether oxygens (including phenoxy) is 1. The first-order valence-electron chi connectivity index (χ1n) is 18.6. The van der Waals surface area contributed by atoms with Gasteiger partial charge in [-0.15, -0.1) is 0 Å². The van der Waals surface area contributed by atoms with Crippen LogP contribution < -0.4 is 31.3 Å². The van der Waals surface area contributed by atoms with Crippen LogP contribution >= 0.6 is 0 Å². The second kappa shape index (κ2) is 16.5. The summed E-state index contributed by atoms with van der Waals surface area (Å²) in [5.74, 6) is 0.840. The van der Waals surface area contributed by atoms with Crippen LogP contribution in [0, 0.1) is 24.7 Å². The number of nitrogens with one attached hydrogen (secondary N) is 5. The van der Waals surface area contributed by atoms with Gasteiger partial charge in [0.05, 0.1) is 24.0 Å². The van der Waals surface area contributed by atoms with E-state index in [0.29, 0.717) is 60.5 Å². The van der Waals surface area contributed by atoms with E-state index in [1.54, 1.807) is 25.1 Å². The Balaban J connectivity index is 1.18. The first-order chi connectivity index (χ1) is 25.8. The minimum Gasteiger partial charge on any atom is -0.494 e. The van der Waals surface area contributed by atoms with Gasteiger partial charge in [-0.3, -0.25) is 14.4 Å². The summed E-state index contributed by atoms with van der Waals surface area (Å²) in [4.78, 5) is 47.3. The molecule has 5 N–H and O–H groups in total. The average molecular weight is 751 g/mol. The van der Waals surface area contributed by atoms with E-state index in [1.165, 1.54) is 40.0 Å². The predicted molar refractivity (Wildman–Crippen MR) is 200 cm³/mol. The molecule has 1 aliphatic heterocycles. The normalized spacial score (nSPS) is 22.3. The Morgan fingerprint density at radius 1 is 1.06 bits per heavy atom. The van der Waals surface area contributed by atoms with Gasteiger partial charge in [-0.05, 0) is 80.5 Å². The third kappa shape index (κ3) is 8.99. The highest BCUT2D eigenvalue weighted by Crippen LogP contribution is 2.46. The van der Waals surface area contributed by atoms with Crippen LogP contribution in [0.2, 0.25) is 0 Å². The number of carbonyl (C=O) groups excluding carboxylic acids is 3. The third-order valence-electron chi connectivity index (χ3n) is 11.0. The number of alkyl halides is 3. The van der Waals surface area contributed by atoms with Gasteiger partial charge in [-0.1, -0.05) is 25.0 Å². The molecule has 2 aliphatic carbocycles. The number of aryl methyl sites for hydroxylation is 1. The van der Waals surface area contributed by atoms with Crippen molar-refractivity contribution in [2.75, 3.05) is 43.2 Å². The van der Waals surface area contributed by atoms with Crippen molar-refractivity contribution in [2.24, 2.45) is 17.8 Å². The molecule has 3 fully saturated rings. The largest absolute Gasteiger partial charge is 0.494 e. The summed E-state index contributed by atoms with van der Waals surface area (Å²) in [5, 5.41) is 15.0. The van der Waals surface area contributed by atoms with Crippen molar-refractivity contribution in [1.29, 1.82) is 0 Å². The number of aromatic nitrogens is 2. The number of amides is 3. The maximum Gasteiger partial charge on any atom is 0.421 e. The number of hydrogen-bond acceptors (Lipinski definition) is 9. The molecule has 2 heterocycles. The maximum absolute atomic E-state index is 14.1. The molecule has 0 radical (unpaired) electrons. The Morgan fingerprint density at radius 3 is 2.61 bits per heavy atom. The van der Waals surface area contributed by atoms with Crippen LogP contribution in [0.4, 0.5) is 42.0 Å². The fraction of sp³-hybridized carbons (Fsp3) is 0.513. The number of rotatable bonds is 12. The van der Waals surface area contributed by atoms with Gasteiger partial charge >= 0.3 is 6.18 Å². The lowest BCUT2D eigenvalue weighted by Gasteiger charge is -2.46. The fourth-order valence-corrected chi connectivity index (χ4v) is 8.44. The summed E-state index contributed by atoms with van der Waals surface area (Å²) in [6.07, 6.45) is 3.67. The van der Waals surface area contributed by atoms with Gasteiger partial charge in [0.15, 0.2) is 0 Å². The van der Waals surface area contributed by atoms with E-state index >= 15 is 0 Å². The average Bonchev–Trinajstić information content (AvgIpc) is 3.60. The number of likely N-dealkylation sites (tertiary alicyclic amines) is 1. The number of hydrogen-bond donors (Lipinski definition) is 5. The van der Waals surface area contributed by atoms with E-state index in [0.717, 1.165) is 37.8 Å². The van der Waals surface area contributed by atoms with E-state index < -0.39 is 23.5 Å². The van der Waals surface area contributed by atoms with Crippen molar-refractivity contribution >= 4 is 46.5 Å². The van der Waals surface area contributed by atoms with Gasteiger partial charge in [0.1, 0.15) is 17.1 Å². The number of carbonyl (C=O) groups is 3. The molecule has 3 aromatic rings. The highest BCUT2D eigenvalue weighted by Gasteiger charge is 2.40. The lowest BCUT2D eigenvalue weighted by atomic mass is 9.64. The quantitative estimate of drug-likeness (QED) is 0.135. The minimum absolute atomic E-state index is 0.00825. The number of halogens is 3. The summed E-state index contributed by atoms with van der Waals surface area (Å²) in [6.45, 7) is 4.39. The molecule has 1 aromatic heterocycles. The molecule has 3 aliphatic rings. The van der Waals surface area contributed by atoms with E-state index in [9.17, 15) is 27.6 Å². The Morgan fingerprint density at radius 2 is 1.87 bits per heavy atom. The fourth-order valence-electron chi connectivity index (χ4n) is 8.44. The molecule has 15 heteroatoms. The van der Waals surface area contributed by atoms with Crippen molar-refractivity contribution in [3.63, 3.8) is 0 Å². The zero-order valence-electron chi connectivity index (χ0n) is 31.1. The molecule has 1 saturated heterocycles. The summed E-state index contributed by atoms with van der Waals surface area (Å²) < 4.78 is 48.1. The summed E-state index contributed by atoms with van der Waals surface area (Å²) >= 11 is 0. The Labute approximate surface area is 313 Å². The lowest BCUT2D eigenvalue weighted by molar-refractivity contribution is -0.137. The number of methoxy groups -OCH3 is 1. The second-order valence-corrected chi connectivity index (χ2v) is 14.7. The van der Waals surface area contributed by atoms with E-state index in [1.807, 2.05) is 17.0 Å². The number of nitrogens with zero attached hydrogens (tertiary/aromatic N) is 3. The molecule has 54 heavy (non-hydrogen) atoms. The molecule has 2 saturated carbocycles. The number of anilines is 5. The number of benzene rings is 2. The van der Waals surface area contributed by atoms with Crippen LogP contribution in [-0.2, 0) is 15.8 Å². The van der Waals surface area contributed by atoms with Crippen LogP contribution in [0.3, 0.4) is 0 Å². The standard InChI is InChI=1S/C39H49F3N8O4/c1-22-7-5-10-29(37(53)43-3)34(22)48-36-30(39(40,41)42)20-44-38(49-36)47-31-13-12-27(19-32(31)54-4)46-35-25-9-6-8-24(17-25)18-26(35)11-14-33(52)50-16-15-28(21-50)45-23(2)51/h5,7,10,12-13,19-20,24-26,28,35,46H,6,8-9,11,14-18,21H2,1-4H3,(H,43,53)(H,45,51)(H2,44,47,48,49)/t24?,25?,26?,28-,35?/m0/s1. The Kier molecular flexibility index (Phi) is 11.8. The first-order valence-corrected chi connectivity index (χ1v) is 18.6. The predicted octanol–water partition coefficient (Wildman–Crippen LogP) is 6.78. The van der Waals surface area contributed by atoms with Crippen molar-refractivity contribution < 1.29 is 32.3 Å². The smallest absolute Gasteiger partial charge is 0.421 e. The second-order valence-electron chi connectivity index (χ2n) is 14.7. The SMILES string of the molecule is CNC(=O)c1cccc(C)c1Nc1nc(Nc2ccc(NC3C4CCCC(C4)CC3CCC(=O)N3CC[C@H](NC(C)=O)C3)cc2OC)ncc1C(F)(F)F. The van der Waals surface area contributed by atoms with E-state index in [-0.39, 0.29) is 41.1 Å². The summed E-state index contributed by atoms with van der Waals surface area (Å²) in [7, 11) is 2.96. The molecule has 2 aromatic carbocycles. The molecule has 290 valence electrons. The number of fused-ring (bicyclic) bond motifs is 2. The van der Waals surface area contributed by atoms with Crippen LogP contribution in [0.25, 0.3) is 0 Å². The zero-order valence-corrected chi connectivity index (χ0v) is 31.1. The van der Waals surface area contributed by atoms with Gasteiger partial charge in [0, 0.05) is 63.5 Å². The molecular weight excluding hydrogens is 701 g/mol. The van der Waals surface area contributed by atoms with Crippen molar-refractivity contribution in [3.8, 4) is 5.75 Å². The minimum atomic E-state index is -4.77. The van der Waals surface area contributed by atoms with Gasteiger partial charge in [-0.2, -0.15) is 18.2 Å². The molecule has 4 unspecified atom stereocenters. The zero-order chi connectivity index (χ0) is 38.6. The molecule has 3 amide bonds. The van der Waals surface area contributed by atoms with Gasteiger partial charge in [-0.25, -0.2) is 4.98 Å². The Hall–Kier alpha value is -5.08. The van der Waals surface area contributed by atoms with E-state index in [4.69, 9.17) is 4.74 Å². The summed E-state index contributed by atoms with van der Waals surface area (Å²) in [6, 6.07) is 10.5. The highest BCUT2D eigenvalue weighted by atomic mass is 19.4. The van der Waals surface area contributed by atoms with Gasteiger partial charge in [0.2, 0.25) is 17.8 Å². The number of para-hydroxylation sites is 1. The van der Waals surface area contributed by atoms with E-state index in [2.05, 4.69) is 36.6 Å². The molecule has 2 bridgehead atoms. The van der Waals surface area contributed by atoms with Gasteiger partial charge < -0.3 is 36.2 Å². The van der Waals surface area contributed by atoms with Crippen LogP contribution in [0.15, 0.2) is 42.6 Å². The molecule has 5 atom stereocenters. The van der Waals surface area contributed by atoms with Crippen LogP contribution in [0.1, 0.15) is 79.8 Å². The monoisotopic (exact) mass is 750 g/mol. The summed E-state index contributed by atoms with van der Waals surface area (Å²) in [5.41, 5.74) is 1.11. The van der Waals surface area contributed by atoms with Gasteiger partial charge in [0.25, 0.3) is 5.91 Å². The molecule has 6 rings (SSSR count). The first kappa shape index (κ1) is 38.6. The molecular formula is C39H49F3N8O4. The maximum atomic E-state index is 14.1. The van der Waals surface area contributed by atoms with Crippen molar-refractivity contribution in [1.82, 2.24) is 25.5 Å².